The van der Waals surface area contributed by atoms with Gasteiger partial charge in [-0.25, -0.2) is 0 Å². The Hall–Kier alpha value is -1.38. The van der Waals surface area contributed by atoms with Crippen molar-refractivity contribution in [3.63, 3.8) is 0 Å². The van der Waals surface area contributed by atoms with Crippen LogP contribution >= 0.6 is 0 Å². The number of allylic oxidation sites excluding steroid dienone is 1. The van der Waals surface area contributed by atoms with Gasteiger partial charge < -0.3 is 0 Å². The van der Waals surface area contributed by atoms with Gasteiger partial charge in [0.15, 0.2) is 5.78 Å². The normalized spacial score (nSPS) is 46.2. The van der Waals surface area contributed by atoms with Crippen LogP contribution in [0.4, 0.5) is 0 Å². The number of rotatable bonds is 1. The molecule has 3 heteroatoms. The van der Waals surface area contributed by atoms with E-state index in [-0.39, 0.29) is 0 Å². The topological polar surface area (TPSA) is 45.8 Å². The lowest BCUT2D eigenvalue weighted by molar-refractivity contribution is -0.117. The number of aromatic nitrogens is 2. The zero-order valence-corrected chi connectivity index (χ0v) is 15.6. The standard InChI is InChI=1S/C22H30N2O/c1-21-10-7-15(25)13-14(21)3-4-16-17-5-6-19(20-9-12-23-24-20)22(17,2)11-8-18(16)21/h9,12-13,16-19H,3-8,10-11H2,1-2H3,(H,23,24)/t16-,17-,18-,19+,21-,22-/m0/s1. The quantitative estimate of drug-likeness (QED) is 0.781. The molecule has 3 nitrogen and oxygen atoms in total. The van der Waals surface area contributed by atoms with Crippen LogP contribution < -0.4 is 0 Å². The summed E-state index contributed by atoms with van der Waals surface area (Å²) in [7, 11) is 0. The first-order valence-electron chi connectivity index (χ1n) is 10.3. The van der Waals surface area contributed by atoms with Crippen molar-refractivity contribution in [2.45, 2.75) is 71.1 Å². The Balaban J connectivity index is 1.48. The average molecular weight is 338 g/mol. The van der Waals surface area contributed by atoms with Crippen LogP contribution in [0.15, 0.2) is 23.9 Å². The Labute approximate surface area is 150 Å². The molecule has 0 saturated heterocycles. The highest BCUT2D eigenvalue weighted by molar-refractivity contribution is 5.91. The highest BCUT2D eigenvalue weighted by atomic mass is 16.1. The van der Waals surface area contributed by atoms with Gasteiger partial charge in [0.2, 0.25) is 0 Å². The molecular formula is C22H30N2O. The summed E-state index contributed by atoms with van der Waals surface area (Å²) in [6.07, 6.45) is 13.6. The molecule has 1 heterocycles. The molecule has 4 aliphatic carbocycles. The molecule has 0 spiro atoms. The summed E-state index contributed by atoms with van der Waals surface area (Å²) in [4.78, 5) is 11.9. The van der Waals surface area contributed by atoms with Crippen LogP contribution in [0.5, 0.6) is 0 Å². The number of hydrogen-bond donors (Lipinski definition) is 1. The second-order valence-electron chi connectivity index (χ2n) is 9.64. The van der Waals surface area contributed by atoms with Crippen molar-refractivity contribution in [1.29, 1.82) is 0 Å². The molecule has 5 rings (SSSR count). The average Bonchev–Trinajstić information content (AvgIpc) is 3.22. The van der Waals surface area contributed by atoms with Gasteiger partial charge in [0, 0.05) is 18.5 Å². The van der Waals surface area contributed by atoms with Crippen LogP contribution in [0.3, 0.4) is 0 Å². The van der Waals surface area contributed by atoms with Gasteiger partial charge >= 0.3 is 0 Å². The van der Waals surface area contributed by atoms with Gasteiger partial charge in [-0.2, -0.15) is 5.10 Å². The Morgan fingerprint density at radius 2 is 1.96 bits per heavy atom. The predicted molar refractivity (Wildman–Crippen MR) is 98.0 cm³/mol. The number of hydrogen-bond acceptors (Lipinski definition) is 2. The first kappa shape index (κ1) is 15.8. The molecule has 0 aliphatic heterocycles. The second kappa shape index (κ2) is 5.31. The fourth-order valence-corrected chi connectivity index (χ4v) is 7.51. The molecule has 0 aromatic carbocycles. The largest absolute Gasteiger partial charge is 0.295 e. The number of carbonyl (C=O) groups is 1. The van der Waals surface area contributed by atoms with Crippen molar-refractivity contribution in [2.24, 2.45) is 28.6 Å². The van der Waals surface area contributed by atoms with Gasteiger partial charge in [0.05, 0.1) is 5.69 Å². The number of fused-ring (bicyclic) bond motifs is 5. The lowest BCUT2D eigenvalue weighted by Gasteiger charge is -2.58. The highest BCUT2D eigenvalue weighted by Gasteiger charge is 2.59. The third-order valence-corrected chi connectivity index (χ3v) is 8.84. The SMILES string of the molecule is C[C@]12CC[C@H]3[C@@H](CCC4=CC(=O)CC[C@@]43C)[C@@H]1CC[C@@H]2c1cc[nH]n1. The second-order valence-corrected chi connectivity index (χ2v) is 9.64. The molecular weight excluding hydrogens is 308 g/mol. The lowest BCUT2D eigenvalue weighted by atomic mass is 9.47. The molecule has 0 amide bonds. The van der Waals surface area contributed by atoms with Gasteiger partial charge in [0.25, 0.3) is 0 Å². The molecule has 3 saturated carbocycles. The number of nitrogens with one attached hydrogen (secondary N) is 1. The minimum absolute atomic E-state index is 0.294. The first-order valence-corrected chi connectivity index (χ1v) is 10.3. The van der Waals surface area contributed by atoms with Gasteiger partial charge in [-0.15, -0.1) is 0 Å². The third kappa shape index (κ3) is 2.10. The van der Waals surface area contributed by atoms with E-state index in [0.29, 0.717) is 22.5 Å². The molecule has 0 unspecified atom stereocenters. The maximum absolute atomic E-state index is 11.9. The molecule has 0 bridgehead atoms. The Morgan fingerprint density at radius 1 is 1.08 bits per heavy atom. The Bertz CT molecular complexity index is 720. The molecule has 3 fully saturated rings. The van der Waals surface area contributed by atoms with Crippen LogP contribution in [0, 0.1) is 28.6 Å². The predicted octanol–water partition coefficient (Wildman–Crippen LogP) is 5.03. The van der Waals surface area contributed by atoms with Crippen LogP contribution in [0.25, 0.3) is 0 Å². The molecule has 1 aromatic heterocycles. The summed E-state index contributed by atoms with van der Waals surface area (Å²) in [6, 6.07) is 2.19. The molecule has 134 valence electrons. The summed E-state index contributed by atoms with van der Waals surface area (Å²) in [5, 5.41) is 7.59. The molecule has 25 heavy (non-hydrogen) atoms. The maximum atomic E-state index is 11.9. The minimum Gasteiger partial charge on any atom is -0.295 e. The number of nitrogens with zero attached hydrogens (tertiary/aromatic N) is 1. The van der Waals surface area contributed by atoms with E-state index in [0.717, 1.165) is 37.0 Å². The van der Waals surface area contributed by atoms with E-state index in [1.807, 2.05) is 12.3 Å². The van der Waals surface area contributed by atoms with E-state index in [1.165, 1.54) is 43.4 Å². The molecule has 0 radical (unpaired) electrons. The third-order valence-electron chi connectivity index (χ3n) is 8.84. The van der Waals surface area contributed by atoms with Crippen molar-refractivity contribution in [1.82, 2.24) is 10.2 Å². The van der Waals surface area contributed by atoms with Crippen molar-refractivity contribution in [2.75, 3.05) is 0 Å². The molecule has 6 atom stereocenters. The molecule has 1 N–H and O–H groups in total. The fourth-order valence-electron chi connectivity index (χ4n) is 7.51. The summed E-state index contributed by atoms with van der Waals surface area (Å²) in [5.41, 5.74) is 3.48. The smallest absolute Gasteiger partial charge is 0.155 e. The zero-order chi connectivity index (χ0) is 17.2. The summed E-state index contributed by atoms with van der Waals surface area (Å²) >= 11 is 0. The molecule has 4 aliphatic rings. The summed E-state index contributed by atoms with van der Waals surface area (Å²) < 4.78 is 0. The van der Waals surface area contributed by atoms with E-state index in [9.17, 15) is 4.79 Å². The van der Waals surface area contributed by atoms with E-state index >= 15 is 0 Å². The summed E-state index contributed by atoms with van der Waals surface area (Å²) in [6.45, 7) is 5.03. The van der Waals surface area contributed by atoms with E-state index in [2.05, 4.69) is 30.1 Å². The van der Waals surface area contributed by atoms with Crippen LogP contribution in [0.1, 0.15) is 76.8 Å². The molecule has 1 aromatic rings. The monoisotopic (exact) mass is 338 g/mol. The van der Waals surface area contributed by atoms with Gasteiger partial charge in [-0.3, -0.25) is 9.89 Å². The Kier molecular flexibility index (Phi) is 3.37. The fraction of sp³-hybridized carbons (Fsp3) is 0.727. The number of carbonyl (C=O) groups excluding carboxylic acids is 1. The van der Waals surface area contributed by atoms with Crippen molar-refractivity contribution >= 4 is 5.78 Å². The van der Waals surface area contributed by atoms with Crippen molar-refractivity contribution in [3.8, 4) is 0 Å². The maximum Gasteiger partial charge on any atom is 0.155 e. The number of H-pyrrole nitrogens is 1. The lowest BCUT2D eigenvalue weighted by Crippen LogP contribution is -2.50. The Morgan fingerprint density at radius 3 is 2.76 bits per heavy atom. The van der Waals surface area contributed by atoms with E-state index < -0.39 is 0 Å². The van der Waals surface area contributed by atoms with Crippen LogP contribution in [0.2, 0.25) is 0 Å². The van der Waals surface area contributed by atoms with Gasteiger partial charge in [-0.1, -0.05) is 19.4 Å². The van der Waals surface area contributed by atoms with Crippen LogP contribution in [-0.2, 0) is 4.79 Å². The van der Waals surface area contributed by atoms with Gasteiger partial charge in [-0.05, 0) is 85.7 Å². The highest BCUT2D eigenvalue weighted by Crippen LogP contribution is 2.68. The number of ketones is 1. The van der Waals surface area contributed by atoms with E-state index in [4.69, 9.17) is 0 Å². The van der Waals surface area contributed by atoms with Crippen LogP contribution in [-0.4, -0.2) is 16.0 Å². The minimum atomic E-state index is 0.294. The van der Waals surface area contributed by atoms with Crippen molar-refractivity contribution < 1.29 is 4.79 Å². The zero-order valence-electron chi connectivity index (χ0n) is 15.6. The van der Waals surface area contributed by atoms with Crippen molar-refractivity contribution in [3.05, 3.63) is 29.6 Å². The van der Waals surface area contributed by atoms with Gasteiger partial charge in [0.1, 0.15) is 0 Å². The van der Waals surface area contributed by atoms with E-state index in [1.54, 1.807) is 0 Å². The number of aromatic amines is 1. The first-order chi connectivity index (χ1) is 12.0. The summed E-state index contributed by atoms with van der Waals surface area (Å²) in [5.74, 6) is 3.46.